The third-order valence-corrected chi connectivity index (χ3v) is 2.08. The van der Waals surface area contributed by atoms with E-state index in [0.29, 0.717) is 24.5 Å². The van der Waals surface area contributed by atoms with Crippen molar-refractivity contribution in [3.63, 3.8) is 0 Å². The van der Waals surface area contributed by atoms with Gasteiger partial charge in [0.2, 0.25) is 0 Å². The molecule has 0 atom stereocenters. The Labute approximate surface area is 87.8 Å². The molecule has 1 radical (unpaired) electrons. The lowest BCUT2D eigenvalue weighted by Crippen LogP contribution is -2.30. The van der Waals surface area contributed by atoms with Crippen molar-refractivity contribution in [2.75, 3.05) is 13.2 Å². The van der Waals surface area contributed by atoms with Crippen LogP contribution in [-0.4, -0.2) is 26.6 Å². The fourth-order valence-electron chi connectivity index (χ4n) is 1.33. The Morgan fingerprint density at radius 3 is 3.13 bits per heavy atom. The molecule has 77 valence electrons. The molecule has 15 heavy (non-hydrogen) atoms. The molecule has 2 rings (SSSR count). The molecule has 1 amide bonds. The summed E-state index contributed by atoms with van der Waals surface area (Å²) < 4.78 is 10.6. The molecular formula is C9H10BN2O3. The number of carbonyl (C=O) groups excluding carboxylic acids is 1. The summed E-state index contributed by atoms with van der Waals surface area (Å²) in [5.41, 5.74) is 3.35. The largest absolute Gasteiger partial charge is 0.492 e. The van der Waals surface area contributed by atoms with Gasteiger partial charge >= 0.3 is 7.48 Å². The summed E-state index contributed by atoms with van der Waals surface area (Å²) in [7, 11) is 1.62. The second-order valence-corrected chi connectivity index (χ2v) is 3.06. The molecule has 0 fully saturated rings. The van der Waals surface area contributed by atoms with Gasteiger partial charge in [-0.3, -0.25) is 10.2 Å². The first-order chi connectivity index (χ1) is 7.31. The van der Waals surface area contributed by atoms with Gasteiger partial charge in [0.15, 0.2) is 0 Å². The number of hydrogen-bond acceptors (Lipinski definition) is 4. The number of hydrogen-bond donors (Lipinski definition) is 2. The van der Waals surface area contributed by atoms with Gasteiger partial charge in [0.25, 0.3) is 5.91 Å². The van der Waals surface area contributed by atoms with Gasteiger partial charge in [-0.25, -0.2) is 5.84 Å². The first kappa shape index (κ1) is 10.0. The van der Waals surface area contributed by atoms with Crippen LogP contribution in [0.1, 0.15) is 10.4 Å². The number of hydrazine groups is 1. The Balaban J connectivity index is 2.31. The maximum Gasteiger partial charge on any atom is 0.334 e. The van der Waals surface area contributed by atoms with Gasteiger partial charge in [-0.1, -0.05) is 6.07 Å². The van der Waals surface area contributed by atoms with Crippen molar-refractivity contribution in [3.8, 4) is 5.75 Å². The van der Waals surface area contributed by atoms with Crippen LogP contribution in [-0.2, 0) is 4.65 Å². The molecule has 1 aromatic carbocycles. The van der Waals surface area contributed by atoms with Gasteiger partial charge in [-0.05, 0) is 17.6 Å². The molecule has 0 unspecified atom stereocenters. The van der Waals surface area contributed by atoms with Crippen molar-refractivity contribution in [2.24, 2.45) is 5.84 Å². The summed E-state index contributed by atoms with van der Waals surface area (Å²) in [4.78, 5) is 11.3. The van der Waals surface area contributed by atoms with Crippen molar-refractivity contribution in [2.45, 2.75) is 0 Å². The lowest BCUT2D eigenvalue weighted by molar-refractivity contribution is 0.0953. The Morgan fingerprint density at radius 2 is 2.33 bits per heavy atom. The molecule has 1 heterocycles. The van der Waals surface area contributed by atoms with Crippen LogP contribution in [0, 0.1) is 0 Å². The highest BCUT2D eigenvalue weighted by Crippen LogP contribution is 2.12. The van der Waals surface area contributed by atoms with Gasteiger partial charge in [-0.2, -0.15) is 0 Å². The number of fused-ring (bicyclic) bond motifs is 1. The second kappa shape index (κ2) is 4.33. The number of amides is 1. The second-order valence-electron chi connectivity index (χ2n) is 3.06. The standard InChI is InChI=1S/C9H10BN2O3/c11-12-9(13)6-1-2-7-8(5-6)14-3-4-15-10-7/h1-2,5H,3-4,11H2,(H,12,13). The van der Waals surface area contributed by atoms with E-state index in [-0.39, 0.29) is 5.91 Å². The minimum atomic E-state index is -0.341. The van der Waals surface area contributed by atoms with Crippen LogP contribution < -0.4 is 21.5 Å². The van der Waals surface area contributed by atoms with Crippen molar-refractivity contribution < 1.29 is 14.2 Å². The minimum Gasteiger partial charge on any atom is -0.492 e. The molecule has 0 aromatic heterocycles. The maximum absolute atomic E-state index is 11.3. The number of nitrogens with one attached hydrogen (secondary N) is 1. The quantitative estimate of drug-likeness (QED) is 0.265. The molecule has 0 saturated heterocycles. The van der Waals surface area contributed by atoms with Crippen LogP contribution >= 0.6 is 0 Å². The molecule has 0 aliphatic carbocycles. The molecule has 5 nitrogen and oxygen atoms in total. The highest BCUT2D eigenvalue weighted by molar-refractivity contribution is 6.48. The van der Waals surface area contributed by atoms with E-state index in [9.17, 15) is 4.79 Å². The Hall–Kier alpha value is -1.53. The molecule has 3 N–H and O–H groups in total. The minimum absolute atomic E-state index is 0.341. The summed E-state index contributed by atoms with van der Waals surface area (Å²) >= 11 is 0. The molecular weight excluding hydrogens is 195 g/mol. The number of ether oxygens (including phenoxy) is 1. The maximum atomic E-state index is 11.3. The number of nitrogen functional groups attached to an aromatic ring is 1. The molecule has 1 aliphatic heterocycles. The molecule has 6 heteroatoms. The highest BCUT2D eigenvalue weighted by Gasteiger charge is 2.13. The van der Waals surface area contributed by atoms with Crippen molar-refractivity contribution >= 4 is 18.9 Å². The summed E-state index contributed by atoms with van der Waals surface area (Å²) in [6, 6.07) is 5.06. The fourth-order valence-corrected chi connectivity index (χ4v) is 1.33. The molecule has 0 spiro atoms. The van der Waals surface area contributed by atoms with Crippen LogP contribution in [0.3, 0.4) is 0 Å². The van der Waals surface area contributed by atoms with Crippen molar-refractivity contribution in [3.05, 3.63) is 23.8 Å². The normalized spacial score (nSPS) is 14.2. The van der Waals surface area contributed by atoms with E-state index in [4.69, 9.17) is 15.2 Å². The van der Waals surface area contributed by atoms with E-state index in [0.717, 1.165) is 5.46 Å². The van der Waals surface area contributed by atoms with Gasteiger partial charge in [0.05, 0.1) is 6.61 Å². The molecule has 0 saturated carbocycles. The smallest absolute Gasteiger partial charge is 0.334 e. The average molecular weight is 205 g/mol. The zero-order valence-electron chi connectivity index (χ0n) is 8.03. The van der Waals surface area contributed by atoms with E-state index < -0.39 is 0 Å². The lowest BCUT2D eigenvalue weighted by Gasteiger charge is -2.07. The third-order valence-electron chi connectivity index (χ3n) is 2.08. The third kappa shape index (κ3) is 2.11. The number of carbonyl (C=O) groups is 1. The summed E-state index contributed by atoms with van der Waals surface area (Å²) in [5, 5.41) is 0. The zero-order chi connectivity index (χ0) is 10.7. The SMILES string of the molecule is NNC(=O)c1ccc2c(c1)OCCO[B]2. The molecule has 0 bridgehead atoms. The van der Waals surface area contributed by atoms with Crippen molar-refractivity contribution in [1.29, 1.82) is 0 Å². The highest BCUT2D eigenvalue weighted by atomic mass is 16.5. The monoisotopic (exact) mass is 205 g/mol. The van der Waals surface area contributed by atoms with Gasteiger partial charge in [0.1, 0.15) is 12.4 Å². The number of rotatable bonds is 1. The molecule has 1 aromatic rings. The van der Waals surface area contributed by atoms with Crippen LogP contribution in [0.15, 0.2) is 18.2 Å². The summed E-state index contributed by atoms with van der Waals surface area (Å²) in [6.07, 6.45) is 0. The van der Waals surface area contributed by atoms with Crippen LogP contribution in [0.25, 0.3) is 0 Å². The van der Waals surface area contributed by atoms with E-state index >= 15 is 0 Å². The van der Waals surface area contributed by atoms with E-state index in [1.54, 1.807) is 25.7 Å². The first-order valence-electron chi connectivity index (χ1n) is 4.54. The van der Waals surface area contributed by atoms with E-state index in [1.807, 2.05) is 0 Å². The molecule has 1 aliphatic rings. The predicted octanol–water partition coefficient (Wildman–Crippen LogP) is -1.06. The number of nitrogens with two attached hydrogens (primary N) is 1. The van der Waals surface area contributed by atoms with Crippen LogP contribution in [0.5, 0.6) is 5.75 Å². The predicted molar refractivity (Wildman–Crippen MR) is 54.9 cm³/mol. The van der Waals surface area contributed by atoms with Gasteiger partial charge < -0.3 is 9.39 Å². The Kier molecular flexibility index (Phi) is 2.89. The zero-order valence-corrected chi connectivity index (χ0v) is 8.03. The first-order valence-corrected chi connectivity index (χ1v) is 4.54. The van der Waals surface area contributed by atoms with E-state index in [1.165, 1.54) is 0 Å². The fraction of sp³-hybridized carbons (Fsp3) is 0.222. The summed E-state index contributed by atoms with van der Waals surface area (Å²) in [6.45, 7) is 0.976. The van der Waals surface area contributed by atoms with Crippen LogP contribution in [0.2, 0.25) is 0 Å². The van der Waals surface area contributed by atoms with E-state index in [2.05, 4.69) is 5.43 Å². The van der Waals surface area contributed by atoms with Gasteiger partial charge in [-0.15, -0.1) is 0 Å². The lowest BCUT2D eigenvalue weighted by atomic mass is 9.86. The van der Waals surface area contributed by atoms with Crippen molar-refractivity contribution in [1.82, 2.24) is 5.43 Å². The Bertz CT molecular complexity index is 384. The van der Waals surface area contributed by atoms with Gasteiger partial charge in [0, 0.05) is 5.56 Å². The Morgan fingerprint density at radius 1 is 1.47 bits per heavy atom. The summed E-state index contributed by atoms with van der Waals surface area (Å²) in [5.74, 6) is 5.33. The topological polar surface area (TPSA) is 73.6 Å². The van der Waals surface area contributed by atoms with Crippen LogP contribution in [0.4, 0.5) is 0 Å². The number of benzene rings is 1. The average Bonchev–Trinajstić information content (AvgIpc) is 2.51.